The van der Waals surface area contributed by atoms with Crippen molar-refractivity contribution in [3.63, 3.8) is 0 Å². The number of aliphatic hydroxyl groups is 1. The van der Waals surface area contributed by atoms with Gasteiger partial charge in [-0.1, -0.05) is 51.8 Å². The van der Waals surface area contributed by atoms with Gasteiger partial charge in [-0.2, -0.15) is 0 Å². The highest BCUT2D eigenvalue weighted by Crippen LogP contribution is 2.31. The Hall–Kier alpha value is -0.540. The van der Waals surface area contributed by atoms with Gasteiger partial charge in [0, 0.05) is 43.2 Å². The topological polar surface area (TPSA) is 20.2 Å². The minimum atomic E-state index is -1.33. The predicted molar refractivity (Wildman–Crippen MR) is 90.4 cm³/mol. The van der Waals surface area contributed by atoms with Crippen LogP contribution in [0.2, 0.25) is 5.02 Å². The Morgan fingerprint density at radius 1 is 1.00 bits per heavy atom. The zero-order valence-corrected chi connectivity index (χ0v) is 14.2. The summed E-state index contributed by atoms with van der Waals surface area (Å²) in [4.78, 5) is 0. The summed E-state index contributed by atoms with van der Waals surface area (Å²) in [6.45, 7) is 0. The normalized spacial score (nSPS) is 13.3. The van der Waals surface area contributed by atoms with Crippen LogP contribution in [0.4, 0.5) is 0 Å². The molecule has 0 aliphatic heterocycles. The van der Waals surface area contributed by atoms with Crippen molar-refractivity contribution in [3.05, 3.63) is 69.2 Å². The maximum absolute atomic E-state index is 10.9. The van der Waals surface area contributed by atoms with Crippen LogP contribution in [0.15, 0.2) is 53.0 Å². The minimum absolute atomic E-state index is 0.629. The van der Waals surface area contributed by atoms with E-state index in [0.29, 0.717) is 10.6 Å². The summed E-state index contributed by atoms with van der Waals surface area (Å²) in [6.07, 6.45) is 0. The molecule has 0 saturated heterocycles. The minimum Gasteiger partial charge on any atom is -0.369 e. The van der Waals surface area contributed by atoms with Crippen LogP contribution in [0, 0.1) is 9.85 Å². The number of halogens is 3. The summed E-state index contributed by atoms with van der Waals surface area (Å²) in [6, 6.07) is 14.5. The van der Waals surface area contributed by atoms with Gasteiger partial charge in [-0.15, -0.1) is 0 Å². The quantitative estimate of drug-likeness (QED) is 0.521. The second-order valence-electron chi connectivity index (χ2n) is 3.94. The zero-order valence-electron chi connectivity index (χ0n) is 9.70. The predicted octanol–water partition coefficient (Wildman–Crippen LogP) is 4.73. The highest BCUT2D eigenvalue weighted by atomic mass is 127. The molecule has 1 N–H and O–H groups in total. The first-order chi connectivity index (χ1) is 9.06. The molecule has 2 aromatic carbocycles. The highest BCUT2D eigenvalue weighted by molar-refractivity contribution is 14.1. The van der Waals surface area contributed by atoms with Crippen molar-refractivity contribution < 1.29 is 5.11 Å². The lowest BCUT2D eigenvalue weighted by Crippen LogP contribution is -2.25. The van der Waals surface area contributed by atoms with Crippen LogP contribution < -0.4 is 0 Å². The van der Waals surface area contributed by atoms with Crippen LogP contribution in [-0.2, 0) is 5.60 Å². The van der Waals surface area contributed by atoms with Gasteiger partial charge in [0.05, 0.1) is 0 Å². The molecule has 1 unspecified atom stereocenters. The summed E-state index contributed by atoms with van der Waals surface area (Å²) in [5.41, 5.74) is 0.0949. The summed E-state index contributed by atoms with van der Waals surface area (Å²) >= 11 is 11.2. The summed E-state index contributed by atoms with van der Waals surface area (Å²) in [7, 11) is 0. The number of benzene rings is 2. The first kappa shape index (κ1) is 14.9. The molecule has 0 fully saturated rings. The van der Waals surface area contributed by atoms with Crippen molar-refractivity contribution in [2.24, 2.45) is 0 Å². The van der Waals surface area contributed by atoms with Gasteiger partial charge in [-0.25, -0.2) is 0 Å². The molecule has 2 aromatic rings. The maximum Gasteiger partial charge on any atom is 0.177 e. The van der Waals surface area contributed by atoms with E-state index in [1.165, 1.54) is 0 Å². The van der Waals surface area contributed by atoms with Crippen molar-refractivity contribution in [2.75, 3.05) is 0 Å². The molecular formula is C15H9BrClIO. The van der Waals surface area contributed by atoms with E-state index in [0.717, 1.165) is 10.0 Å². The third-order valence-corrected chi connectivity index (χ3v) is 3.80. The van der Waals surface area contributed by atoms with Gasteiger partial charge >= 0.3 is 0 Å². The van der Waals surface area contributed by atoms with E-state index < -0.39 is 5.60 Å². The number of hydrogen-bond donors (Lipinski definition) is 1. The van der Waals surface area contributed by atoms with Gasteiger partial charge in [-0.05, 0) is 34.1 Å². The Morgan fingerprint density at radius 3 is 1.95 bits per heavy atom. The van der Waals surface area contributed by atoms with Gasteiger partial charge in [0.25, 0.3) is 0 Å². The molecule has 0 amide bonds. The Labute approximate surface area is 139 Å². The lowest BCUT2D eigenvalue weighted by atomic mass is 9.87. The molecule has 0 aliphatic carbocycles. The first-order valence-corrected chi connectivity index (χ1v) is 7.68. The molecule has 1 atom stereocenters. The smallest absolute Gasteiger partial charge is 0.177 e. The molecule has 0 heterocycles. The molecule has 2 rings (SSSR count). The Bertz CT molecular complexity index is 580. The van der Waals surface area contributed by atoms with E-state index in [4.69, 9.17) is 11.6 Å². The second kappa shape index (κ2) is 6.27. The molecule has 96 valence electrons. The average Bonchev–Trinajstić information content (AvgIpc) is 2.40. The van der Waals surface area contributed by atoms with Crippen LogP contribution in [0.25, 0.3) is 0 Å². The Balaban J connectivity index is 2.56. The zero-order chi connectivity index (χ0) is 13.9. The third-order valence-electron chi connectivity index (χ3n) is 2.75. The fraction of sp³-hybridized carbons (Fsp3) is 0.0667. The van der Waals surface area contributed by atoms with Crippen LogP contribution in [0.3, 0.4) is 0 Å². The van der Waals surface area contributed by atoms with E-state index in [2.05, 4.69) is 25.8 Å². The van der Waals surface area contributed by atoms with E-state index in [-0.39, 0.29) is 0 Å². The van der Waals surface area contributed by atoms with Gasteiger partial charge in [-0.3, -0.25) is 0 Å². The van der Waals surface area contributed by atoms with Crippen molar-refractivity contribution in [1.29, 1.82) is 0 Å². The van der Waals surface area contributed by atoms with Gasteiger partial charge in [0.1, 0.15) is 0 Å². The van der Waals surface area contributed by atoms with Gasteiger partial charge < -0.3 is 5.11 Å². The average molecular weight is 447 g/mol. The molecule has 0 bridgehead atoms. The lowest BCUT2D eigenvalue weighted by molar-refractivity contribution is 0.145. The van der Waals surface area contributed by atoms with Crippen molar-refractivity contribution >= 4 is 50.1 Å². The SMILES string of the molecule is OC(C#CI)(c1ccc(Cl)cc1)c1ccc(Br)cc1. The second-order valence-corrected chi connectivity index (χ2v) is 5.84. The van der Waals surface area contributed by atoms with Crippen LogP contribution in [0.1, 0.15) is 11.1 Å². The molecule has 1 nitrogen and oxygen atoms in total. The van der Waals surface area contributed by atoms with Crippen LogP contribution >= 0.6 is 50.1 Å². The highest BCUT2D eigenvalue weighted by Gasteiger charge is 2.29. The Morgan fingerprint density at radius 2 is 1.47 bits per heavy atom. The number of rotatable bonds is 2. The molecule has 4 heteroatoms. The molecular weight excluding hydrogens is 438 g/mol. The molecule has 0 saturated carbocycles. The van der Waals surface area contributed by atoms with Crippen molar-refractivity contribution in [1.82, 2.24) is 0 Å². The summed E-state index contributed by atoms with van der Waals surface area (Å²) in [5, 5.41) is 11.5. The van der Waals surface area contributed by atoms with Gasteiger partial charge in [0.2, 0.25) is 0 Å². The largest absolute Gasteiger partial charge is 0.369 e. The molecule has 0 aromatic heterocycles. The fourth-order valence-electron chi connectivity index (χ4n) is 1.76. The van der Waals surface area contributed by atoms with Crippen molar-refractivity contribution in [3.8, 4) is 9.85 Å². The van der Waals surface area contributed by atoms with E-state index >= 15 is 0 Å². The lowest BCUT2D eigenvalue weighted by Gasteiger charge is -2.23. The summed E-state index contributed by atoms with van der Waals surface area (Å²) < 4.78 is 3.72. The van der Waals surface area contributed by atoms with Crippen LogP contribution in [-0.4, -0.2) is 5.11 Å². The van der Waals surface area contributed by atoms with Gasteiger partial charge in [0.15, 0.2) is 5.60 Å². The maximum atomic E-state index is 10.9. The van der Waals surface area contributed by atoms with E-state index in [1.54, 1.807) is 24.3 Å². The summed E-state index contributed by atoms with van der Waals surface area (Å²) in [5.74, 6) is 2.86. The molecule has 0 radical (unpaired) electrons. The van der Waals surface area contributed by atoms with Crippen LogP contribution in [0.5, 0.6) is 0 Å². The van der Waals surface area contributed by atoms with Crippen molar-refractivity contribution in [2.45, 2.75) is 5.60 Å². The Kier molecular flexibility index (Phi) is 4.91. The third kappa shape index (κ3) is 3.32. The van der Waals surface area contributed by atoms with E-state index in [1.807, 2.05) is 46.9 Å². The molecule has 0 spiro atoms. The number of hydrogen-bond acceptors (Lipinski definition) is 1. The standard InChI is InChI=1S/C15H9BrClIO/c16-13-5-1-11(2-6-13)15(19,9-10-18)12-3-7-14(17)8-4-12/h1-8,19H. The fourth-order valence-corrected chi connectivity index (χ4v) is 2.54. The first-order valence-electron chi connectivity index (χ1n) is 5.43. The molecule has 0 aliphatic rings. The molecule has 19 heavy (non-hydrogen) atoms. The van der Waals surface area contributed by atoms with E-state index in [9.17, 15) is 5.11 Å². The monoisotopic (exact) mass is 446 g/mol.